The molecule has 0 saturated heterocycles. The first-order valence-electron chi connectivity index (χ1n) is 6.42. The van der Waals surface area contributed by atoms with Gasteiger partial charge in [0, 0.05) is 18.3 Å². The van der Waals surface area contributed by atoms with Crippen LogP contribution in [0.15, 0.2) is 12.4 Å². The van der Waals surface area contributed by atoms with E-state index in [4.69, 9.17) is 4.74 Å². The Morgan fingerprint density at radius 1 is 1.35 bits per heavy atom. The molecule has 0 amide bonds. The molecule has 2 rings (SSSR count). The molecule has 0 aromatic carbocycles. The van der Waals surface area contributed by atoms with E-state index < -0.39 is 0 Å². The molecule has 0 aliphatic heterocycles. The number of methoxy groups -OCH3 is 1. The van der Waals surface area contributed by atoms with Gasteiger partial charge in [-0.2, -0.15) is 0 Å². The average molecular weight is 235 g/mol. The monoisotopic (exact) mass is 235 g/mol. The van der Waals surface area contributed by atoms with Crippen molar-refractivity contribution in [2.75, 3.05) is 20.2 Å². The smallest absolute Gasteiger partial charge is 0.235 e. The second-order valence-electron chi connectivity index (χ2n) is 4.60. The van der Waals surface area contributed by atoms with E-state index in [0.29, 0.717) is 17.7 Å². The molecule has 1 aliphatic carbocycles. The maximum Gasteiger partial charge on any atom is 0.235 e. The van der Waals surface area contributed by atoms with E-state index >= 15 is 0 Å². The van der Waals surface area contributed by atoms with Gasteiger partial charge < -0.3 is 10.1 Å². The summed E-state index contributed by atoms with van der Waals surface area (Å²) in [4.78, 5) is 8.66. The number of ether oxygens (including phenoxy) is 1. The highest BCUT2D eigenvalue weighted by Crippen LogP contribution is 2.43. The summed E-state index contributed by atoms with van der Waals surface area (Å²) in [5.74, 6) is 1.90. The van der Waals surface area contributed by atoms with Crippen molar-refractivity contribution in [1.29, 1.82) is 0 Å². The number of hydrogen-bond donors (Lipinski definition) is 1. The van der Waals surface area contributed by atoms with E-state index in [1.54, 1.807) is 19.5 Å². The van der Waals surface area contributed by atoms with Crippen molar-refractivity contribution in [2.45, 2.75) is 32.1 Å². The molecule has 1 saturated carbocycles. The lowest BCUT2D eigenvalue weighted by Gasteiger charge is -2.36. The fraction of sp³-hybridized carbons (Fsp3) is 0.692. The van der Waals surface area contributed by atoms with Gasteiger partial charge >= 0.3 is 0 Å². The molecule has 4 nitrogen and oxygen atoms in total. The Kier molecular flexibility index (Phi) is 4.31. The van der Waals surface area contributed by atoms with E-state index in [-0.39, 0.29) is 0 Å². The summed E-state index contributed by atoms with van der Waals surface area (Å²) >= 11 is 0. The predicted molar refractivity (Wildman–Crippen MR) is 67.2 cm³/mol. The highest BCUT2D eigenvalue weighted by atomic mass is 16.5. The van der Waals surface area contributed by atoms with Crippen LogP contribution < -0.4 is 10.1 Å². The van der Waals surface area contributed by atoms with Crippen molar-refractivity contribution >= 4 is 0 Å². The predicted octanol–water partition coefficient (Wildman–Crippen LogP) is 1.98. The van der Waals surface area contributed by atoms with Crippen molar-refractivity contribution in [1.82, 2.24) is 15.3 Å². The standard InChI is InChI=1S/C13H21N3O/c1-3-6-14-9-10-4-5-11(10)12-13(17-2)16-8-7-15-12/h7-8,10-11,14H,3-6,9H2,1-2H3. The van der Waals surface area contributed by atoms with Crippen molar-refractivity contribution in [3.63, 3.8) is 0 Å². The highest BCUT2D eigenvalue weighted by molar-refractivity contribution is 5.24. The summed E-state index contributed by atoms with van der Waals surface area (Å²) < 4.78 is 5.28. The van der Waals surface area contributed by atoms with E-state index in [9.17, 15) is 0 Å². The van der Waals surface area contributed by atoms with Gasteiger partial charge in [-0.15, -0.1) is 0 Å². The Balaban J connectivity index is 1.97. The first-order valence-corrected chi connectivity index (χ1v) is 6.42. The van der Waals surface area contributed by atoms with Gasteiger partial charge in [0.2, 0.25) is 5.88 Å². The van der Waals surface area contributed by atoms with E-state index in [1.807, 2.05) is 0 Å². The molecule has 2 unspecified atom stereocenters. The molecule has 1 aliphatic rings. The van der Waals surface area contributed by atoms with Crippen LogP contribution >= 0.6 is 0 Å². The van der Waals surface area contributed by atoms with Gasteiger partial charge in [-0.05, 0) is 38.3 Å². The Labute approximate surface area is 103 Å². The molecule has 0 radical (unpaired) electrons. The SMILES string of the molecule is CCCNCC1CCC1c1nccnc1OC. The molecule has 2 atom stereocenters. The van der Waals surface area contributed by atoms with Crippen LogP contribution in [0.4, 0.5) is 0 Å². The van der Waals surface area contributed by atoms with Crippen LogP contribution in [-0.2, 0) is 0 Å². The minimum absolute atomic E-state index is 0.517. The quantitative estimate of drug-likeness (QED) is 0.766. The molecule has 1 heterocycles. The van der Waals surface area contributed by atoms with Crippen molar-refractivity contribution in [3.8, 4) is 5.88 Å². The summed E-state index contributed by atoms with van der Waals surface area (Å²) in [5, 5.41) is 3.49. The molecular weight excluding hydrogens is 214 g/mol. The summed E-state index contributed by atoms with van der Waals surface area (Å²) in [6.07, 6.45) is 7.11. The Morgan fingerprint density at radius 2 is 2.18 bits per heavy atom. The zero-order valence-electron chi connectivity index (χ0n) is 10.6. The first kappa shape index (κ1) is 12.3. The molecule has 0 spiro atoms. The van der Waals surface area contributed by atoms with Crippen molar-refractivity contribution < 1.29 is 4.74 Å². The first-order chi connectivity index (χ1) is 8.36. The fourth-order valence-electron chi connectivity index (χ4n) is 2.39. The number of hydrogen-bond acceptors (Lipinski definition) is 4. The number of aromatic nitrogens is 2. The molecule has 94 valence electrons. The Morgan fingerprint density at radius 3 is 2.82 bits per heavy atom. The van der Waals surface area contributed by atoms with Crippen LogP contribution in [0.3, 0.4) is 0 Å². The number of nitrogens with zero attached hydrogens (tertiary/aromatic N) is 2. The maximum absolute atomic E-state index is 5.28. The third-order valence-corrected chi connectivity index (χ3v) is 3.49. The molecule has 4 heteroatoms. The van der Waals surface area contributed by atoms with E-state index in [1.165, 1.54) is 19.3 Å². The molecule has 17 heavy (non-hydrogen) atoms. The van der Waals surface area contributed by atoms with Gasteiger partial charge in [0.25, 0.3) is 0 Å². The number of rotatable bonds is 6. The summed E-state index contributed by atoms with van der Waals surface area (Å²) in [7, 11) is 1.66. The zero-order valence-corrected chi connectivity index (χ0v) is 10.6. The lowest BCUT2D eigenvalue weighted by Crippen LogP contribution is -2.34. The van der Waals surface area contributed by atoms with Crippen LogP contribution in [0, 0.1) is 5.92 Å². The zero-order chi connectivity index (χ0) is 12.1. The van der Waals surface area contributed by atoms with Crippen LogP contribution in [0.1, 0.15) is 37.8 Å². The molecule has 1 N–H and O–H groups in total. The molecule has 1 fully saturated rings. The fourth-order valence-corrected chi connectivity index (χ4v) is 2.39. The minimum atomic E-state index is 0.517. The molecule has 1 aromatic rings. The number of nitrogens with one attached hydrogen (secondary N) is 1. The van der Waals surface area contributed by atoms with Crippen LogP contribution in [0.5, 0.6) is 5.88 Å². The molecular formula is C13H21N3O. The van der Waals surface area contributed by atoms with Crippen molar-refractivity contribution in [2.24, 2.45) is 5.92 Å². The maximum atomic E-state index is 5.28. The largest absolute Gasteiger partial charge is 0.480 e. The lowest BCUT2D eigenvalue weighted by molar-refractivity contribution is 0.233. The van der Waals surface area contributed by atoms with Gasteiger partial charge in [0.1, 0.15) is 5.69 Å². The Bertz CT molecular complexity index is 356. The third-order valence-electron chi connectivity index (χ3n) is 3.49. The van der Waals surface area contributed by atoms with Crippen LogP contribution in [0.25, 0.3) is 0 Å². The van der Waals surface area contributed by atoms with Gasteiger partial charge in [-0.25, -0.2) is 4.98 Å². The second-order valence-corrected chi connectivity index (χ2v) is 4.60. The lowest BCUT2D eigenvalue weighted by atomic mass is 9.71. The summed E-state index contributed by atoms with van der Waals surface area (Å²) in [5.41, 5.74) is 1.03. The van der Waals surface area contributed by atoms with E-state index in [2.05, 4.69) is 22.2 Å². The van der Waals surface area contributed by atoms with Gasteiger partial charge in [-0.3, -0.25) is 4.98 Å². The van der Waals surface area contributed by atoms with E-state index in [0.717, 1.165) is 18.8 Å². The van der Waals surface area contributed by atoms with Crippen LogP contribution in [0.2, 0.25) is 0 Å². The summed E-state index contributed by atoms with van der Waals surface area (Å²) in [6, 6.07) is 0. The summed E-state index contributed by atoms with van der Waals surface area (Å²) in [6.45, 7) is 4.37. The van der Waals surface area contributed by atoms with Gasteiger partial charge in [0.15, 0.2) is 0 Å². The second kappa shape index (κ2) is 5.96. The average Bonchev–Trinajstić information content (AvgIpc) is 2.34. The third kappa shape index (κ3) is 2.75. The minimum Gasteiger partial charge on any atom is -0.480 e. The normalized spacial score (nSPS) is 23.2. The van der Waals surface area contributed by atoms with Gasteiger partial charge in [0.05, 0.1) is 7.11 Å². The van der Waals surface area contributed by atoms with Crippen molar-refractivity contribution in [3.05, 3.63) is 18.1 Å². The van der Waals surface area contributed by atoms with Crippen LogP contribution in [-0.4, -0.2) is 30.2 Å². The molecule has 1 aromatic heterocycles. The highest BCUT2D eigenvalue weighted by Gasteiger charge is 2.34. The Hall–Kier alpha value is -1.16. The van der Waals surface area contributed by atoms with Gasteiger partial charge in [-0.1, -0.05) is 6.92 Å². The topological polar surface area (TPSA) is 47.0 Å². The molecule has 0 bridgehead atoms.